The van der Waals surface area contributed by atoms with Crippen LogP contribution >= 0.6 is 11.3 Å². The molecule has 0 aliphatic carbocycles. The summed E-state index contributed by atoms with van der Waals surface area (Å²) < 4.78 is 44.3. The van der Waals surface area contributed by atoms with Gasteiger partial charge in [-0.15, -0.1) is 11.3 Å². The van der Waals surface area contributed by atoms with Crippen LogP contribution in [0, 0.1) is 6.92 Å². The Morgan fingerprint density at radius 1 is 1.10 bits per heavy atom. The highest BCUT2D eigenvalue weighted by atomic mass is 32.1. The minimum absolute atomic E-state index is 0.00309. The van der Waals surface area contributed by atoms with Crippen LogP contribution < -0.4 is 4.74 Å². The lowest BCUT2D eigenvalue weighted by molar-refractivity contribution is -0.141. The highest BCUT2D eigenvalue weighted by Gasteiger charge is 2.34. The van der Waals surface area contributed by atoms with Gasteiger partial charge in [-0.1, -0.05) is 42.0 Å². The fourth-order valence-electron chi connectivity index (χ4n) is 2.73. The first kappa shape index (κ1) is 20.9. The lowest BCUT2D eigenvalue weighted by atomic mass is 10.2. The van der Waals surface area contributed by atoms with Crippen molar-refractivity contribution in [3.05, 3.63) is 70.7 Å². The van der Waals surface area contributed by atoms with Crippen molar-refractivity contribution in [3.63, 3.8) is 0 Å². The fourth-order valence-corrected chi connectivity index (χ4v) is 3.53. The van der Waals surface area contributed by atoms with Crippen LogP contribution in [0.25, 0.3) is 10.6 Å². The molecular formula is C21H19F3N2O2S. The monoisotopic (exact) mass is 420 g/mol. The summed E-state index contributed by atoms with van der Waals surface area (Å²) in [6.45, 7) is 0.420. The van der Waals surface area contributed by atoms with E-state index in [4.69, 9.17) is 4.74 Å². The largest absolute Gasteiger partial charge is 0.497 e. The van der Waals surface area contributed by atoms with E-state index in [2.05, 4.69) is 4.98 Å². The topological polar surface area (TPSA) is 42.4 Å². The van der Waals surface area contributed by atoms with Crippen molar-refractivity contribution < 1.29 is 22.7 Å². The Hall–Kier alpha value is -2.87. The molecule has 0 atom stereocenters. The Balaban J connectivity index is 1.83. The SMILES string of the molecule is COc1ccc(CN(CC(F)(F)F)C(=O)c2csc(-c3ccc(C)cc3)n2)cc1. The molecular weight excluding hydrogens is 401 g/mol. The number of carbonyl (C=O) groups excluding carboxylic acids is 1. The molecule has 0 radical (unpaired) electrons. The summed E-state index contributed by atoms with van der Waals surface area (Å²) in [7, 11) is 1.50. The van der Waals surface area contributed by atoms with Gasteiger partial charge in [-0.3, -0.25) is 4.79 Å². The molecule has 152 valence electrons. The van der Waals surface area contributed by atoms with Crippen LogP contribution in [0.3, 0.4) is 0 Å². The van der Waals surface area contributed by atoms with Crippen molar-refractivity contribution in [3.8, 4) is 16.3 Å². The van der Waals surface area contributed by atoms with Crippen molar-refractivity contribution in [2.75, 3.05) is 13.7 Å². The Morgan fingerprint density at radius 3 is 2.34 bits per heavy atom. The number of hydrogen-bond donors (Lipinski definition) is 0. The first-order valence-corrected chi connectivity index (χ1v) is 9.64. The van der Waals surface area contributed by atoms with Gasteiger partial charge in [0.25, 0.3) is 5.91 Å². The van der Waals surface area contributed by atoms with Gasteiger partial charge in [0.2, 0.25) is 0 Å². The summed E-state index contributed by atoms with van der Waals surface area (Å²) in [5.41, 5.74) is 2.47. The number of nitrogens with zero attached hydrogens (tertiary/aromatic N) is 2. The third-order valence-electron chi connectivity index (χ3n) is 4.21. The molecule has 1 amide bonds. The van der Waals surface area contributed by atoms with Crippen LogP contribution in [-0.4, -0.2) is 35.6 Å². The summed E-state index contributed by atoms with van der Waals surface area (Å²) in [5.74, 6) is -0.169. The van der Waals surface area contributed by atoms with E-state index in [9.17, 15) is 18.0 Å². The lowest BCUT2D eigenvalue weighted by Crippen LogP contribution is -2.38. The Morgan fingerprint density at radius 2 is 1.76 bits per heavy atom. The Kier molecular flexibility index (Phi) is 6.22. The predicted molar refractivity (Wildman–Crippen MR) is 106 cm³/mol. The minimum Gasteiger partial charge on any atom is -0.497 e. The Labute approximate surface area is 170 Å². The molecule has 0 aliphatic rings. The third kappa shape index (κ3) is 5.57. The van der Waals surface area contributed by atoms with Crippen LogP contribution in [0.1, 0.15) is 21.6 Å². The molecule has 4 nitrogen and oxygen atoms in total. The number of alkyl halides is 3. The number of methoxy groups -OCH3 is 1. The van der Waals surface area contributed by atoms with E-state index in [-0.39, 0.29) is 12.2 Å². The van der Waals surface area contributed by atoms with Crippen LogP contribution in [-0.2, 0) is 6.54 Å². The van der Waals surface area contributed by atoms with Crippen molar-refractivity contribution in [2.24, 2.45) is 0 Å². The van der Waals surface area contributed by atoms with Gasteiger partial charge in [-0.25, -0.2) is 4.98 Å². The standard InChI is InChI=1S/C21H19F3N2O2S/c1-14-3-7-16(8-4-14)19-25-18(12-29-19)20(27)26(13-21(22,23)24)11-15-5-9-17(28-2)10-6-15/h3-10,12H,11,13H2,1-2H3. The van der Waals surface area contributed by atoms with Crippen LogP contribution in [0.15, 0.2) is 53.9 Å². The summed E-state index contributed by atoms with van der Waals surface area (Å²) in [4.78, 5) is 17.8. The highest BCUT2D eigenvalue weighted by Crippen LogP contribution is 2.26. The maximum atomic E-state index is 13.1. The molecule has 1 heterocycles. The average molecular weight is 420 g/mol. The highest BCUT2D eigenvalue weighted by molar-refractivity contribution is 7.13. The molecule has 8 heteroatoms. The number of amides is 1. The molecule has 2 aromatic carbocycles. The molecule has 0 fully saturated rings. The first-order valence-electron chi connectivity index (χ1n) is 8.77. The van der Waals surface area contributed by atoms with E-state index in [0.717, 1.165) is 16.0 Å². The second-order valence-corrected chi connectivity index (χ2v) is 7.39. The average Bonchev–Trinajstić information content (AvgIpc) is 3.17. The van der Waals surface area contributed by atoms with Crippen molar-refractivity contribution in [2.45, 2.75) is 19.6 Å². The van der Waals surface area contributed by atoms with Crippen LogP contribution in [0.2, 0.25) is 0 Å². The summed E-state index contributed by atoms with van der Waals surface area (Å²) in [6, 6.07) is 14.1. The van der Waals surface area contributed by atoms with E-state index in [0.29, 0.717) is 16.3 Å². The molecule has 0 N–H and O–H groups in total. The number of thiazole rings is 1. The Bertz CT molecular complexity index is 967. The maximum absolute atomic E-state index is 13.1. The molecule has 0 saturated carbocycles. The van der Waals surface area contributed by atoms with Gasteiger partial charge in [-0.05, 0) is 24.6 Å². The smallest absolute Gasteiger partial charge is 0.406 e. The van der Waals surface area contributed by atoms with Crippen molar-refractivity contribution in [1.82, 2.24) is 9.88 Å². The number of ether oxygens (including phenoxy) is 1. The van der Waals surface area contributed by atoms with Crippen molar-refractivity contribution in [1.29, 1.82) is 0 Å². The van der Waals surface area contributed by atoms with Crippen molar-refractivity contribution >= 4 is 17.2 Å². The zero-order valence-corrected chi connectivity index (χ0v) is 16.7. The zero-order valence-electron chi connectivity index (χ0n) is 15.9. The van der Waals surface area contributed by atoms with Gasteiger partial charge in [0.15, 0.2) is 0 Å². The number of halogens is 3. The van der Waals surface area contributed by atoms with E-state index in [1.54, 1.807) is 24.3 Å². The number of carbonyl (C=O) groups is 1. The second kappa shape index (κ2) is 8.65. The number of aryl methyl sites for hydroxylation is 1. The zero-order chi connectivity index (χ0) is 21.0. The first-order chi connectivity index (χ1) is 13.7. The van der Waals surface area contributed by atoms with E-state index in [1.807, 2.05) is 31.2 Å². The molecule has 0 unspecified atom stereocenters. The molecule has 0 bridgehead atoms. The van der Waals surface area contributed by atoms with Crippen LogP contribution in [0.4, 0.5) is 13.2 Å². The fraction of sp³-hybridized carbons (Fsp3) is 0.238. The quantitative estimate of drug-likeness (QED) is 0.541. The van der Waals surface area contributed by atoms with Gasteiger partial charge in [0.1, 0.15) is 23.0 Å². The number of hydrogen-bond acceptors (Lipinski definition) is 4. The van der Waals surface area contributed by atoms with E-state index in [1.165, 1.54) is 23.8 Å². The molecule has 1 aromatic heterocycles. The van der Waals surface area contributed by atoms with Crippen LogP contribution in [0.5, 0.6) is 5.75 Å². The number of rotatable bonds is 6. The van der Waals surface area contributed by atoms with E-state index < -0.39 is 18.6 Å². The summed E-state index contributed by atoms with van der Waals surface area (Å²) in [5, 5.41) is 2.08. The summed E-state index contributed by atoms with van der Waals surface area (Å²) >= 11 is 1.23. The van der Waals surface area contributed by atoms with Gasteiger partial charge in [-0.2, -0.15) is 13.2 Å². The van der Waals surface area contributed by atoms with E-state index >= 15 is 0 Å². The lowest BCUT2D eigenvalue weighted by Gasteiger charge is -2.23. The second-order valence-electron chi connectivity index (χ2n) is 6.53. The summed E-state index contributed by atoms with van der Waals surface area (Å²) in [6.07, 6.45) is -4.52. The normalized spacial score (nSPS) is 11.3. The number of benzene rings is 2. The molecule has 3 aromatic rings. The van der Waals surface area contributed by atoms with Gasteiger partial charge < -0.3 is 9.64 Å². The molecule has 0 aliphatic heterocycles. The molecule has 3 rings (SSSR count). The minimum atomic E-state index is -4.52. The molecule has 0 saturated heterocycles. The maximum Gasteiger partial charge on any atom is 0.406 e. The predicted octanol–water partition coefficient (Wildman–Crippen LogP) is 5.33. The van der Waals surface area contributed by atoms with Gasteiger partial charge in [0.05, 0.1) is 7.11 Å². The molecule has 0 spiro atoms. The molecule has 29 heavy (non-hydrogen) atoms. The van der Waals surface area contributed by atoms with Gasteiger partial charge >= 0.3 is 6.18 Å². The number of aromatic nitrogens is 1. The van der Waals surface area contributed by atoms with Gasteiger partial charge in [0, 0.05) is 17.5 Å². The third-order valence-corrected chi connectivity index (χ3v) is 5.10.